The van der Waals surface area contributed by atoms with E-state index >= 15 is 0 Å². The Morgan fingerprint density at radius 1 is 1.26 bits per heavy atom. The van der Waals surface area contributed by atoms with Crippen LogP contribution in [0.4, 0.5) is 0 Å². The van der Waals surface area contributed by atoms with Gasteiger partial charge in [-0.3, -0.25) is 4.79 Å². The Morgan fingerprint density at radius 3 is 2.69 bits per heavy atom. The lowest BCUT2D eigenvalue weighted by Crippen LogP contribution is -2.27. The number of aromatic hydroxyl groups is 1. The third-order valence-corrected chi connectivity index (χ3v) is 6.73. The van der Waals surface area contributed by atoms with E-state index in [1.165, 1.54) is 27.4 Å². The molecule has 2 N–H and O–H groups in total. The highest BCUT2D eigenvalue weighted by Gasteiger charge is 2.30. The largest absolute Gasteiger partial charge is 0.507 e. The predicted octanol–water partition coefficient (Wildman–Crippen LogP) is 2.82. The van der Waals surface area contributed by atoms with Gasteiger partial charge in [-0.1, -0.05) is 17.8 Å². The third-order valence-electron chi connectivity index (χ3n) is 5.76. The van der Waals surface area contributed by atoms with Crippen molar-refractivity contribution < 1.29 is 28.5 Å². The Labute approximate surface area is 206 Å². The lowest BCUT2D eigenvalue weighted by molar-refractivity contribution is -0.121. The van der Waals surface area contributed by atoms with Crippen molar-refractivity contribution in [3.8, 4) is 23.0 Å². The number of carbonyl (C=O) groups is 1. The van der Waals surface area contributed by atoms with Crippen molar-refractivity contribution in [2.75, 3.05) is 27.1 Å². The molecule has 1 aromatic carbocycles. The van der Waals surface area contributed by atoms with Crippen LogP contribution in [0.2, 0.25) is 0 Å². The van der Waals surface area contributed by atoms with Gasteiger partial charge in [-0.05, 0) is 13.0 Å². The van der Waals surface area contributed by atoms with Crippen molar-refractivity contribution in [3.05, 3.63) is 57.4 Å². The number of aromatic nitrogens is 2. The first-order chi connectivity index (χ1) is 16.9. The van der Waals surface area contributed by atoms with Gasteiger partial charge >= 0.3 is 5.63 Å². The number of amides is 1. The minimum atomic E-state index is -0.885. The SMILES string of the molecule is COc1ccc([C@H](CC(=O)NCc2cn3c(n2)SCC3)c2c(O)cc(C)oc2=O)c(OC)c1OC. The summed E-state index contributed by atoms with van der Waals surface area (Å²) in [4.78, 5) is 30.4. The van der Waals surface area contributed by atoms with Crippen LogP contribution in [0.1, 0.15) is 34.9 Å². The van der Waals surface area contributed by atoms with Gasteiger partial charge in [0, 0.05) is 42.5 Å². The topological polar surface area (TPSA) is 125 Å². The summed E-state index contributed by atoms with van der Waals surface area (Å²) in [7, 11) is 4.40. The van der Waals surface area contributed by atoms with E-state index in [1.54, 1.807) is 30.8 Å². The maximum absolute atomic E-state index is 13.1. The number of hydrogen-bond acceptors (Lipinski definition) is 9. The Balaban J connectivity index is 1.69. The van der Waals surface area contributed by atoms with Gasteiger partial charge in [-0.15, -0.1) is 0 Å². The van der Waals surface area contributed by atoms with Crippen molar-refractivity contribution >= 4 is 17.7 Å². The average molecular weight is 502 g/mol. The molecule has 11 heteroatoms. The van der Waals surface area contributed by atoms with Crippen LogP contribution in [0, 0.1) is 6.92 Å². The van der Waals surface area contributed by atoms with E-state index in [4.69, 9.17) is 18.6 Å². The summed E-state index contributed by atoms with van der Waals surface area (Å²) in [6.45, 7) is 2.69. The normalized spacial score (nSPS) is 13.3. The van der Waals surface area contributed by atoms with Crippen LogP contribution >= 0.6 is 11.8 Å². The van der Waals surface area contributed by atoms with Crippen molar-refractivity contribution in [1.29, 1.82) is 0 Å². The number of ether oxygens (including phenoxy) is 3. The highest BCUT2D eigenvalue weighted by molar-refractivity contribution is 7.99. The van der Waals surface area contributed by atoms with Gasteiger partial charge in [0.2, 0.25) is 11.7 Å². The van der Waals surface area contributed by atoms with Crippen LogP contribution < -0.4 is 25.2 Å². The number of rotatable bonds is 9. The first kappa shape index (κ1) is 24.5. The van der Waals surface area contributed by atoms with Crippen LogP contribution in [0.3, 0.4) is 0 Å². The fourth-order valence-electron chi connectivity index (χ4n) is 4.19. The number of fused-ring (bicyclic) bond motifs is 1. The molecule has 0 spiro atoms. The average Bonchev–Trinajstić information content (AvgIpc) is 3.42. The molecule has 0 bridgehead atoms. The molecule has 0 aliphatic carbocycles. The third kappa shape index (κ3) is 4.95. The molecule has 1 atom stereocenters. The van der Waals surface area contributed by atoms with Gasteiger partial charge in [0.25, 0.3) is 0 Å². The van der Waals surface area contributed by atoms with E-state index in [0.717, 1.165) is 23.1 Å². The summed E-state index contributed by atoms with van der Waals surface area (Å²) in [5, 5.41) is 14.5. The minimum Gasteiger partial charge on any atom is -0.507 e. The Morgan fingerprint density at radius 2 is 2.03 bits per heavy atom. The second-order valence-corrected chi connectivity index (χ2v) is 9.02. The van der Waals surface area contributed by atoms with E-state index in [2.05, 4.69) is 14.9 Å². The molecule has 0 saturated carbocycles. The highest BCUT2D eigenvalue weighted by atomic mass is 32.2. The zero-order chi connectivity index (χ0) is 25.1. The number of carbonyl (C=O) groups excluding carboxylic acids is 1. The standard InChI is InChI=1S/C24H27N3O7S/c1-13-9-17(28)20(23(30)34-13)16(15-5-6-18(31-2)22(33-4)21(15)32-3)10-19(29)25-11-14-12-27-7-8-35-24(27)26-14/h5-6,9,12,16,28H,7-8,10-11H2,1-4H3,(H,25,29)/t16-/m0/s1. The van der Waals surface area contributed by atoms with Gasteiger partial charge in [0.15, 0.2) is 16.7 Å². The van der Waals surface area contributed by atoms with Crippen LogP contribution in [0.5, 0.6) is 23.0 Å². The van der Waals surface area contributed by atoms with Gasteiger partial charge in [0.1, 0.15) is 11.5 Å². The summed E-state index contributed by atoms with van der Waals surface area (Å²) in [5.41, 5.74) is 0.427. The van der Waals surface area contributed by atoms with Crippen LogP contribution in [0.15, 0.2) is 38.8 Å². The molecule has 3 aromatic rings. The molecule has 1 aliphatic rings. The molecule has 0 saturated heterocycles. The number of methoxy groups -OCH3 is 3. The van der Waals surface area contributed by atoms with Crippen molar-refractivity contribution in [2.24, 2.45) is 0 Å². The first-order valence-electron chi connectivity index (χ1n) is 10.9. The number of imidazole rings is 1. The number of aryl methyl sites for hydroxylation is 2. The first-order valence-corrected chi connectivity index (χ1v) is 11.9. The monoisotopic (exact) mass is 501 g/mol. The molecule has 35 heavy (non-hydrogen) atoms. The van der Waals surface area contributed by atoms with Gasteiger partial charge in [-0.2, -0.15) is 0 Å². The molecule has 4 rings (SSSR count). The predicted molar refractivity (Wildman–Crippen MR) is 129 cm³/mol. The van der Waals surface area contributed by atoms with Gasteiger partial charge in [0.05, 0.1) is 39.1 Å². The number of nitrogens with zero attached hydrogens (tertiary/aromatic N) is 2. The molecule has 0 radical (unpaired) electrons. The highest BCUT2D eigenvalue weighted by Crippen LogP contribution is 2.45. The molecule has 3 heterocycles. The molecule has 2 aromatic heterocycles. The lowest BCUT2D eigenvalue weighted by Gasteiger charge is -2.22. The number of hydrogen-bond donors (Lipinski definition) is 2. The Hall–Kier alpha value is -3.60. The maximum Gasteiger partial charge on any atom is 0.343 e. The minimum absolute atomic E-state index is 0.0476. The van der Waals surface area contributed by atoms with Crippen LogP contribution in [-0.2, 0) is 17.9 Å². The lowest BCUT2D eigenvalue weighted by atomic mass is 9.87. The summed E-state index contributed by atoms with van der Waals surface area (Å²) in [5.74, 6) is 0.760. The summed E-state index contributed by atoms with van der Waals surface area (Å²) in [6, 6.07) is 4.67. The maximum atomic E-state index is 13.1. The van der Waals surface area contributed by atoms with E-state index in [9.17, 15) is 14.7 Å². The quantitative estimate of drug-likeness (QED) is 0.455. The van der Waals surface area contributed by atoms with Crippen molar-refractivity contribution in [3.63, 3.8) is 0 Å². The number of thioether (sulfide) groups is 1. The molecule has 186 valence electrons. The van der Waals surface area contributed by atoms with E-state index < -0.39 is 11.5 Å². The summed E-state index contributed by atoms with van der Waals surface area (Å²) >= 11 is 1.67. The zero-order valence-electron chi connectivity index (χ0n) is 19.9. The fourth-order valence-corrected chi connectivity index (χ4v) is 5.15. The molecular formula is C24H27N3O7S. The molecule has 0 fully saturated rings. The van der Waals surface area contributed by atoms with E-state index in [1.807, 2.05) is 6.20 Å². The van der Waals surface area contributed by atoms with E-state index in [0.29, 0.717) is 17.1 Å². The second-order valence-electron chi connectivity index (χ2n) is 7.96. The molecule has 0 unspecified atom stereocenters. The molecule has 10 nitrogen and oxygen atoms in total. The zero-order valence-corrected chi connectivity index (χ0v) is 20.7. The summed E-state index contributed by atoms with van der Waals surface area (Å²) in [6.07, 6.45) is 1.76. The molecular weight excluding hydrogens is 474 g/mol. The Bertz CT molecular complexity index is 1280. The van der Waals surface area contributed by atoms with Crippen LogP contribution in [-0.4, -0.2) is 47.6 Å². The fraction of sp³-hybridized carbons (Fsp3) is 0.375. The van der Waals surface area contributed by atoms with E-state index in [-0.39, 0.29) is 41.7 Å². The van der Waals surface area contributed by atoms with Crippen molar-refractivity contribution in [2.45, 2.75) is 37.5 Å². The Kier molecular flexibility index (Phi) is 7.25. The smallest absolute Gasteiger partial charge is 0.343 e. The number of nitrogens with one attached hydrogen (secondary N) is 1. The molecule has 1 aliphatic heterocycles. The second kappa shape index (κ2) is 10.3. The number of benzene rings is 1. The van der Waals surface area contributed by atoms with Crippen LogP contribution in [0.25, 0.3) is 0 Å². The van der Waals surface area contributed by atoms with Crippen molar-refractivity contribution in [1.82, 2.24) is 14.9 Å². The molecule has 1 amide bonds. The van der Waals surface area contributed by atoms with Gasteiger partial charge < -0.3 is 33.6 Å². The van der Waals surface area contributed by atoms with Gasteiger partial charge in [-0.25, -0.2) is 9.78 Å². The summed E-state index contributed by atoms with van der Waals surface area (Å²) < 4.78 is 23.7.